The lowest BCUT2D eigenvalue weighted by atomic mass is 9.87. The summed E-state index contributed by atoms with van der Waals surface area (Å²) in [5.74, 6) is 1.03. The summed E-state index contributed by atoms with van der Waals surface area (Å²) in [5.41, 5.74) is 6.08. The van der Waals surface area contributed by atoms with Gasteiger partial charge in [0, 0.05) is 6.54 Å². The van der Waals surface area contributed by atoms with Crippen LogP contribution in [0.25, 0.3) is 0 Å². The molecule has 0 spiro atoms. The van der Waals surface area contributed by atoms with Crippen LogP contribution in [-0.2, 0) is 0 Å². The fourth-order valence-corrected chi connectivity index (χ4v) is 2.09. The van der Waals surface area contributed by atoms with Gasteiger partial charge in [-0.2, -0.15) is 0 Å². The Morgan fingerprint density at radius 1 is 1.25 bits per heavy atom. The third-order valence-corrected chi connectivity index (χ3v) is 3.79. The van der Waals surface area contributed by atoms with Crippen molar-refractivity contribution >= 4 is 0 Å². The molecular weight excluding hydrogens is 196 g/mol. The van der Waals surface area contributed by atoms with Gasteiger partial charge in [-0.25, -0.2) is 0 Å². The first-order valence-electron chi connectivity index (χ1n) is 7.00. The van der Waals surface area contributed by atoms with Crippen molar-refractivity contribution in [2.24, 2.45) is 17.1 Å². The van der Waals surface area contributed by atoms with Crippen LogP contribution in [-0.4, -0.2) is 31.1 Å². The maximum Gasteiger partial charge on any atom is 0.000954 e. The highest BCUT2D eigenvalue weighted by molar-refractivity contribution is 4.77. The number of rotatable bonds is 9. The highest BCUT2D eigenvalue weighted by Gasteiger charge is 2.23. The van der Waals surface area contributed by atoms with E-state index in [-0.39, 0.29) is 0 Å². The number of hydrogen-bond donors (Lipinski definition) is 1. The minimum absolute atomic E-state index is 0.341. The minimum Gasteiger partial charge on any atom is -0.330 e. The largest absolute Gasteiger partial charge is 0.330 e. The fraction of sp³-hybridized carbons (Fsp3) is 1.00. The van der Waals surface area contributed by atoms with Gasteiger partial charge in [0.2, 0.25) is 0 Å². The molecule has 1 aliphatic carbocycles. The molecule has 0 saturated heterocycles. The molecule has 2 N–H and O–H groups in total. The van der Waals surface area contributed by atoms with E-state index in [0.29, 0.717) is 5.41 Å². The maximum absolute atomic E-state index is 5.74. The second-order valence-electron chi connectivity index (χ2n) is 6.16. The Kier molecular flexibility index (Phi) is 5.77. The van der Waals surface area contributed by atoms with Gasteiger partial charge >= 0.3 is 0 Å². The van der Waals surface area contributed by atoms with Crippen molar-refractivity contribution in [1.29, 1.82) is 0 Å². The number of nitrogens with zero attached hydrogens (tertiary/aromatic N) is 1. The van der Waals surface area contributed by atoms with Gasteiger partial charge in [0.1, 0.15) is 0 Å². The summed E-state index contributed by atoms with van der Waals surface area (Å²) in [7, 11) is 0. The monoisotopic (exact) mass is 226 g/mol. The third kappa shape index (κ3) is 5.86. The minimum atomic E-state index is 0.341. The van der Waals surface area contributed by atoms with Crippen molar-refractivity contribution in [3.63, 3.8) is 0 Å². The van der Waals surface area contributed by atoms with Gasteiger partial charge in [0.15, 0.2) is 0 Å². The molecule has 1 fully saturated rings. The average molecular weight is 226 g/mol. The summed E-state index contributed by atoms with van der Waals surface area (Å²) in [6, 6.07) is 0. The van der Waals surface area contributed by atoms with E-state index in [2.05, 4.69) is 25.7 Å². The lowest BCUT2D eigenvalue weighted by molar-refractivity contribution is 0.257. The van der Waals surface area contributed by atoms with E-state index in [0.717, 1.165) is 12.5 Å². The first-order valence-corrected chi connectivity index (χ1v) is 7.00. The molecule has 0 atom stereocenters. The van der Waals surface area contributed by atoms with Crippen LogP contribution in [0, 0.1) is 11.3 Å². The van der Waals surface area contributed by atoms with E-state index in [9.17, 15) is 0 Å². The zero-order valence-corrected chi connectivity index (χ0v) is 11.5. The SMILES string of the molecule is CCN(CCCCC(C)(C)CN)CC1CC1. The molecule has 0 amide bonds. The van der Waals surface area contributed by atoms with Gasteiger partial charge in [0.25, 0.3) is 0 Å². The van der Waals surface area contributed by atoms with E-state index < -0.39 is 0 Å². The lowest BCUT2D eigenvalue weighted by Crippen LogP contribution is -2.27. The smallest absolute Gasteiger partial charge is 0.000954 e. The van der Waals surface area contributed by atoms with Crippen molar-refractivity contribution in [2.75, 3.05) is 26.2 Å². The third-order valence-electron chi connectivity index (χ3n) is 3.79. The number of unbranched alkanes of at least 4 members (excludes halogenated alkanes) is 1. The zero-order chi connectivity index (χ0) is 12.0. The van der Waals surface area contributed by atoms with E-state index >= 15 is 0 Å². The van der Waals surface area contributed by atoms with Crippen molar-refractivity contribution < 1.29 is 0 Å². The predicted octanol–water partition coefficient (Wildman–Crippen LogP) is 2.87. The molecule has 1 aliphatic rings. The van der Waals surface area contributed by atoms with E-state index in [4.69, 9.17) is 5.73 Å². The Bertz CT molecular complexity index is 185. The van der Waals surface area contributed by atoms with Crippen molar-refractivity contribution in [1.82, 2.24) is 4.90 Å². The molecule has 0 aromatic carbocycles. The summed E-state index contributed by atoms with van der Waals surface area (Å²) in [4.78, 5) is 2.62. The van der Waals surface area contributed by atoms with Crippen LogP contribution in [0.2, 0.25) is 0 Å². The highest BCUT2D eigenvalue weighted by Crippen LogP contribution is 2.29. The average Bonchev–Trinajstić information content (AvgIpc) is 3.06. The summed E-state index contributed by atoms with van der Waals surface area (Å²) in [6.07, 6.45) is 6.87. The molecule has 0 radical (unpaired) electrons. The molecule has 0 bridgehead atoms. The predicted molar refractivity (Wildman–Crippen MR) is 71.5 cm³/mol. The molecule has 0 heterocycles. The molecule has 1 saturated carbocycles. The number of nitrogens with two attached hydrogens (primary N) is 1. The van der Waals surface area contributed by atoms with Crippen LogP contribution < -0.4 is 5.73 Å². The summed E-state index contributed by atoms with van der Waals surface area (Å²) in [5, 5.41) is 0. The maximum atomic E-state index is 5.74. The van der Waals surface area contributed by atoms with Gasteiger partial charge in [-0.3, -0.25) is 0 Å². The molecule has 0 aliphatic heterocycles. The normalized spacial score (nSPS) is 17.1. The first kappa shape index (κ1) is 14.0. The van der Waals surface area contributed by atoms with Crippen LogP contribution in [0.1, 0.15) is 52.9 Å². The van der Waals surface area contributed by atoms with Gasteiger partial charge in [0.05, 0.1) is 0 Å². The quantitative estimate of drug-likeness (QED) is 0.613. The molecule has 16 heavy (non-hydrogen) atoms. The zero-order valence-electron chi connectivity index (χ0n) is 11.5. The standard InChI is InChI=1S/C14H30N2/c1-4-16(11-13-7-8-13)10-6-5-9-14(2,3)12-15/h13H,4-12,15H2,1-3H3. The summed E-state index contributed by atoms with van der Waals surface area (Å²) < 4.78 is 0. The molecule has 0 aromatic heterocycles. The Morgan fingerprint density at radius 2 is 1.94 bits per heavy atom. The van der Waals surface area contributed by atoms with Gasteiger partial charge in [-0.05, 0) is 56.7 Å². The second kappa shape index (κ2) is 6.61. The molecule has 96 valence electrons. The van der Waals surface area contributed by atoms with Crippen molar-refractivity contribution in [3.8, 4) is 0 Å². The van der Waals surface area contributed by atoms with Crippen LogP contribution in [0.15, 0.2) is 0 Å². The van der Waals surface area contributed by atoms with Gasteiger partial charge in [-0.15, -0.1) is 0 Å². The molecule has 2 heteroatoms. The summed E-state index contributed by atoms with van der Waals surface area (Å²) >= 11 is 0. The second-order valence-corrected chi connectivity index (χ2v) is 6.16. The molecular formula is C14H30N2. The number of hydrogen-bond acceptors (Lipinski definition) is 2. The lowest BCUT2D eigenvalue weighted by Gasteiger charge is -2.24. The van der Waals surface area contributed by atoms with Crippen LogP contribution >= 0.6 is 0 Å². The first-order chi connectivity index (χ1) is 7.57. The topological polar surface area (TPSA) is 29.3 Å². The Labute approximate surface area is 102 Å². The Balaban J connectivity index is 2.03. The molecule has 1 rings (SSSR count). The van der Waals surface area contributed by atoms with E-state index in [1.165, 1.54) is 51.7 Å². The molecule has 2 nitrogen and oxygen atoms in total. The van der Waals surface area contributed by atoms with Gasteiger partial charge in [-0.1, -0.05) is 27.2 Å². The van der Waals surface area contributed by atoms with E-state index in [1.54, 1.807) is 0 Å². The Morgan fingerprint density at radius 3 is 2.44 bits per heavy atom. The fourth-order valence-electron chi connectivity index (χ4n) is 2.09. The highest BCUT2D eigenvalue weighted by atomic mass is 15.1. The van der Waals surface area contributed by atoms with Crippen molar-refractivity contribution in [2.45, 2.75) is 52.9 Å². The Hall–Kier alpha value is -0.0800. The molecule has 0 aromatic rings. The van der Waals surface area contributed by atoms with Crippen molar-refractivity contribution in [3.05, 3.63) is 0 Å². The van der Waals surface area contributed by atoms with Crippen LogP contribution in [0.5, 0.6) is 0 Å². The van der Waals surface area contributed by atoms with E-state index in [1.807, 2.05) is 0 Å². The molecule has 0 unspecified atom stereocenters. The van der Waals surface area contributed by atoms with Crippen LogP contribution in [0.3, 0.4) is 0 Å². The summed E-state index contributed by atoms with van der Waals surface area (Å²) in [6.45, 7) is 11.5. The van der Waals surface area contributed by atoms with Crippen LogP contribution in [0.4, 0.5) is 0 Å². The van der Waals surface area contributed by atoms with Gasteiger partial charge < -0.3 is 10.6 Å².